The van der Waals surface area contributed by atoms with E-state index in [1.807, 2.05) is 24.3 Å². The minimum atomic E-state index is -0.994. The van der Waals surface area contributed by atoms with Gasteiger partial charge in [-0.05, 0) is 85.9 Å². The van der Waals surface area contributed by atoms with Crippen molar-refractivity contribution in [3.63, 3.8) is 0 Å². The first-order chi connectivity index (χ1) is 22.8. The zero-order valence-corrected chi connectivity index (χ0v) is 27.6. The molecule has 0 spiro atoms. The van der Waals surface area contributed by atoms with Gasteiger partial charge in [0.05, 0.1) is 12.8 Å². The first-order valence-corrected chi connectivity index (χ1v) is 17.6. The predicted octanol–water partition coefficient (Wildman–Crippen LogP) is 7.21. The highest BCUT2D eigenvalue weighted by atomic mass is 32.1. The van der Waals surface area contributed by atoms with E-state index in [4.69, 9.17) is 10.7 Å². The lowest BCUT2D eigenvalue weighted by Crippen LogP contribution is -2.55. The second-order valence-electron chi connectivity index (χ2n) is 13.1. The van der Waals surface area contributed by atoms with E-state index >= 15 is 0 Å². The van der Waals surface area contributed by atoms with Crippen molar-refractivity contribution in [1.29, 1.82) is 0 Å². The van der Waals surface area contributed by atoms with Crippen LogP contribution in [0.25, 0.3) is 28.4 Å². The van der Waals surface area contributed by atoms with Crippen LogP contribution in [0.1, 0.15) is 96.5 Å². The lowest BCUT2D eigenvalue weighted by molar-refractivity contribution is -0.134. The van der Waals surface area contributed by atoms with E-state index in [0.717, 1.165) is 61.8 Å². The normalized spacial score (nSPS) is 17.6. The number of benzene rings is 2. The highest BCUT2D eigenvalue weighted by Crippen LogP contribution is 2.47. The molecule has 7 rings (SSSR count). The average molecular weight is 652 g/mol. The highest BCUT2D eigenvalue weighted by Gasteiger charge is 2.43. The summed E-state index contributed by atoms with van der Waals surface area (Å²) in [5.74, 6) is -0.433. The second-order valence-corrected chi connectivity index (χ2v) is 14.2. The van der Waals surface area contributed by atoms with Crippen LogP contribution in [0.4, 0.5) is 10.8 Å². The summed E-state index contributed by atoms with van der Waals surface area (Å²) in [5.41, 5.74) is 11.8. The number of nitrogens with one attached hydrogen (secondary N) is 2. The molecule has 1 aliphatic heterocycles. The van der Waals surface area contributed by atoms with Gasteiger partial charge in [0.1, 0.15) is 11.2 Å². The molecule has 0 atom stereocenters. The molecule has 3 heterocycles. The van der Waals surface area contributed by atoms with E-state index in [1.54, 1.807) is 29.5 Å². The number of carbonyl (C=O) groups is 3. The Balaban J connectivity index is 1.18. The van der Waals surface area contributed by atoms with Crippen molar-refractivity contribution in [1.82, 2.24) is 14.9 Å². The number of nitrogens with two attached hydrogens (primary N) is 1. The molecule has 0 unspecified atom stereocenters. The van der Waals surface area contributed by atoms with Crippen LogP contribution in [0.2, 0.25) is 0 Å². The number of esters is 1. The van der Waals surface area contributed by atoms with Gasteiger partial charge in [-0.3, -0.25) is 9.59 Å². The zero-order valence-electron chi connectivity index (χ0n) is 26.8. The number of carbonyl (C=O) groups excluding carboxylic acids is 3. The van der Waals surface area contributed by atoms with Crippen LogP contribution in [0.3, 0.4) is 0 Å². The van der Waals surface area contributed by atoms with Gasteiger partial charge in [-0.15, -0.1) is 11.3 Å². The van der Waals surface area contributed by atoms with Gasteiger partial charge >= 0.3 is 5.97 Å². The van der Waals surface area contributed by atoms with Crippen molar-refractivity contribution < 1.29 is 19.1 Å². The molecule has 2 aliphatic carbocycles. The molecule has 2 fully saturated rings. The average Bonchev–Trinajstić information content (AvgIpc) is 3.77. The van der Waals surface area contributed by atoms with Crippen molar-refractivity contribution >= 4 is 56.9 Å². The molecule has 4 aromatic rings. The number of ether oxygens (including phenoxy) is 1. The molecule has 47 heavy (non-hydrogen) atoms. The number of hydrogen-bond acceptors (Lipinski definition) is 7. The van der Waals surface area contributed by atoms with Crippen LogP contribution in [0.15, 0.2) is 48.5 Å². The SMILES string of the molecule is COC(=O)/C=C/c1ccc(NC(=O)C2(NC(=O)c3ccc4c(C5CCCCC5)c5n(c4c3)CCCc3sc(N)nc3-5)CCCC2)cc1. The molecule has 0 radical (unpaired) electrons. The second kappa shape index (κ2) is 13.0. The Hall–Kier alpha value is -4.44. The third kappa shape index (κ3) is 6.06. The summed E-state index contributed by atoms with van der Waals surface area (Å²) in [6.45, 7) is 0.857. The Morgan fingerprint density at radius 2 is 1.79 bits per heavy atom. The maximum absolute atomic E-state index is 14.0. The van der Waals surface area contributed by atoms with Gasteiger partial charge in [-0.1, -0.05) is 50.3 Å². The lowest BCUT2D eigenvalue weighted by atomic mass is 9.82. The van der Waals surface area contributed by atoms with Crippen molar-refractivity contribution in [2.75, 3.05) is 18.2 Å². The molecule has 0 bridgehead atoms. The summed E-state index contributed by atoms with van der Waals surface area (Å²) in [6.07, 6.45) is 13.9. The summed E-state index contributed by atoms with van der Waals surface area (Å²) < 4.78 is 7.02. The first kappa shape index (κ1) is 31.2. The summed E-state index contributed by atoms with van der Waals surface area (Å²) in [4.78, 5) is 45.2. The molecule has 2 saturated carbocycles. The number of nitrogens with zero attached hydrogens (tertiary/aromatic N) is 2. The number of aryl methyl sites for hydroxylation is 2. The number of hydrogen-bond donors (Lipinski definition) is 3. The van der Waals surface area contributed by atoms with E-state index < -0.39 is 11.5 Å². The Morgan fingerprint density at radius 1 is 1.02 bits per heavy atom. The first-order valence-electron chi connectivity index (χ1n) is 16.8. The third-order valence-electron chi connectivity index (χ3n) is 10.1. The number of anilines is 2. The predicted molar refractivity (Wildman–Crippen MR) is 186 cm³/mol. The van der Waals surface area contributed by atoms with Gasteiger partial charge in [0.15, 0.2) is 5.13 Å². The fraction of sp³-hybridized carbons (Fsp3) is 0.405. The van der Waals surface area contributed by atoms with Crippen LogP contribution >= 0.6 is 11.3 Å². The van der Waals surface area contributed by atoms with E-state index in [-0.39, 0.29) is 11.8 Å². The van der Waals surface area contributed by atoms with Gasteiger partial charge in [0, 0.05) is 39.7 Å². The minimum Gasteiger partial charge on any atom is -0.466 e. The monoisotopic (exact) mass is 651 g/mol. The van der Waals surface area contributed by atoms with Gasteiger partial charge in [0.2, 0.25) is 5.91 Å². The maximum Gasteiger partial charge on any atom is 0.330 e. The van der Waals surface area contributed by atoms with Crippen LogP contribution in [-0.4, -0.2) is 40.0 Å². The topological polar surface area (TPSA) is 128 Å². The number of rotatable bonds is 7. The Morgan fingerprint density at radius 3 is 2.53 bits per heavy atom. The van der Waals surface area contributed by atoms with Gasteiger partial charge in [-0.25, -0.2) is 9.78 Å². The van der Waals surface area contributed by atoms with E-state index in [0.29, 0.717) is 35.1 Å². The summed E-state index contributed by atoms with van der Waals surface area (Å²) >= 11 is 1.60. The van der Waals surface area contributed by atoms with Crippen molar-refractivity contribution in [3.05, 3.63) is 70.1 Å². The van der Waals surface area contributed by atoms with E-state index in [2.05, 4.69) is 26.0 Å². The van der Waals surface area contributed by atoms with Crippen LogP contribution in [0, 0.1) is 0 Å². The van der Waals surface area contributed by atoms with Gasteiger partial charge in [-0.2, -0.15) is 0 Å². The number of fused-ring (bicyclic) bond motifs is 5. The Labute approximate surface area is 278 Å². The zero-order chi connectivity index (χ0) is 32.5. The minimum absolute atomic E-state index is 0.216. The fourth-order valence-corrected chi connectivity index (χ4v) is 8.64. The molecule has 2 aromatic carbocycles. The maximum atomic E-state index is 14.0. The van der Waals surface area contributed by atoms with Crippen molar-refractivity contribution in [2.24, 2.45) is 0 Å². The molecule has 4 N–H and O–H groups in total. The largest absolute Gasteiger partial charge is 0.466 e. The van der Waals surface area contributed by atoms with Crippen molar-refractivity contribution in [2.45, 2.75) is 88.6 Å². The van der Waals surface area contributed by atoms with Crippen LogP contribution in [0.5, 0.6) is 0 Å². The number of aromatic nitrogens is 2. The number of amides is 2. The van der Waals surface area contributed by atoms with Crippen LogP contribution in [-0.2, 0) is 27.3 Å². The number of methoxy groups -OCH3 is 1. The number of nitrogen functional groups attached to an aromatic ring is 1. The standard InChI is InChI=1S/C37H41N5O4S/c1-46-30(43)18-13-23-11-15-26(16-12-23)39-35(45)37(19-5-6-20-37)41-34(44)25-14-17-27-28(22-25)42-21-7-10-29-32(40-36(38)47-29)33(42)31(27)24-8-3-2-4-9-24/h11-18,22,24H,2-10,19-21H2,1H3,(H2,38,40)(H,39,45)(H,41,44)/b18-13+. The van der Waals surface area contributed by atoms with Gasteiger partial charge in [0.25, 0.3) is 5.91 Å². The molecule has 2 aromatic heterocycles. The lowest BCUT2D eigenvalue weighted by Gasteiger charge is -2.29. The van der Waals surface area contributed by atoms with Gasteiger partial charge < -0.3 is 25.7 Å². The Bertz CT molecular complexity index is 1860. The summed E-state index contributed by atoms with van der Waals surface area (Å²) in [6, 6.07) is 13.3. The molecule has 10 heteroatoms. The molecule has 2 amide bonds. The molecule has 0 saturated heterocycles. The molecular weight excluding hydrogens is 611 g/mol. The quantitative estimate of drug-likeness (QED) is 0.143. The van der Waals surface area contributed by atoms with E-state index in [9.17, 15) is 14.4 Å². The molecule has 9 nitrogen and oxygen atoms in total. The number of thiazole rings is 1. The highest BCUT2D eigenvalue weighted by molar-refractivity contribution is 7.15. The molecule has 244 valence electrons. The third-order valence-corrected chi connectivity index (χ3v) is 11.1. The summed E-state index contributed by atoms with van der Waals surface area (Å²) in [5, 5.41) is 8.00. The van der Waals surface area contributed by atoms with E-state index in [1.165, 1.54) is 54.0 Å². The summed E-state index contributed by atoms with van der Waals surface area (Å²) in [7, 11) is 1.33. The smallest absolute Gasteiger partial charge is 0.330 e. The molecular formula is C37H41N5O4S. The Kier molecular flexibility index (Phi) is 8.61. The van der Waals surface area contributed by atoms with Crippen molar-refractivity contribution in [3.8, 4) is 11.4 Å². The van der Waals surface area contributed by atoms with Crippen LogP contribution < -0.4 is 16.4 Å². The fourth-order valence-electron chi connectivity index (χ4n) is 7.77. The molecule has 3 aliphatic rings.